The van der Waals surface area contributed by atoms with Crippen molar-refractivity contribution in [1.29, 1.82) is 0 Å². The van der Waals surface area contributed by atoms with Crippen molar-refractivity contribution in [3.63, 3.8) is 0 Å². The summed E-state index contributed by atoms with van der Waals surface area (Å²) in [5, 5.41) is 10.8. The third-order valence-electron chi connectivity index (χ3n) is 3.67. The molecule has 0 radical (unpaired) electrons. The molecule has 0 saturated heterocycles. The number of fused-ring (bicyclic) bond motifs is 1. The molecule has 3 heterocycles. The van der Waals surface area contributed by atoms with Crippen LogP contribution in [0.1, 0.15) is 5.76 Å². The lowest BCUT2D eigenvalue weighted by atomic mass is 10.4. The van der Waals surface area contributed by atoms with E-state index in [1.54, 1.807) is 25.1 Å². The number of aryl methyl sites for hydroxylation is 1. The van der Waals surface area contributed by atoms with Crippen LogP contribution in [0, 0.1) is 12.7 Å². The highest BCUT2D eigenvalue weighted by molar-refractivity contribution is 7.99. The average molecular weight is 400 g/mol. The molecule has 0 aliphatic heterocycles. The van der Waals surface area contributed by atoms with Crippen molar-refractivity contribution in [2.75, 3.05) is 5.32 Å². The van der Waals surface area contributed by atoms with E-state index in [1.807, 2.05) is 0 Å². The van der Waals surface area contributed by atoms with Gasteiger partial charge in [-0.3, -0.25) is 4.79 Å². The molecule has 0 atom stereocenters. The molecule has 0 unspecified atom stereocenters. The number of carbonyl (C=O) groups is 1. The van der Waals surface area contributed by atoms with Crippen LogP contribution in [0.4, 0.5) is 10.2 Å². The predicted octanol–water partition coefficient (Wildman–Crippen LogP) is 2.12. The van der Waals surface area contributed by atoms with Crippen LogP contribution in [0.25, 0.3) is 5.65 Å². The molecule has 28 heavy (non-hydrogen) atoms. The summed E-state index contributed by atoms with van der Waals surface area (Å²) in [7, 11) is 0. The fourth-order valence-corrected chi connectivity index (χ4v) is 3.37. The summed E-state index contributed by atoms with van der Waals surface area (Å²) in [6.07, 6.45) is 2.90. The Kier molecular flexibility index (Phi) is 4.65. The van der Waals surface area contributed by atoms with E-state index in [4.69, 9.17) is 4.52 Å². The molecule has 0 aliphatic carbocycles. The van der Waals surface area contributed by atoms with Gasteiger partial charge in [-0.05, 0) is 25.1 Å². The van der Waals surface area contributed by atoms with Crippen molar-refractivity contribution >= 4 is 29.1 Å². The standard InChI is InChI=1S/C17H13FN6O3S/c1-10-7-13(22-27-10)20-14(25)9-24-17(26)23-6-5-19-16(15(23)21-24)28-12-4-2-3-11(18)8-12/h2-8H,9H2,1H3,(H,20,22,25). The van der Waals surface area contributed by atoms with Crippen LogP contribution in [0.2, 0.25) is 0 Å². The van der Waals surface area contributed by atoms with E-state index in [-0.39, 0.29) is 23.8 Å². The van der Waals surface area contributed by atoms with Crippen LogP contribution in [0.5, 0.6) is 0 Å². The summed E-state index contributed by atoms with van der Waals surface area (Å²) >= 11 is 1.17. The smallest absolute Gasteiger partial charge is 0.350 e. The van der Waals surface area contributed by atoms with Crippen molar-refractivity contribution in [2.45, 2.75) is 23.4 Å². The minimum Gasteiger partial charge on any atom is -0.360 e. The Morgan fingerprint density at radius 2 is 2.21 bits per heavy atom. The minimum atomic E-state index is -0.495. The first-order chi connectivity index (χ1) is 13.5. The highest BCUT2D eigenvalue weighted by atomic mass is 32.2. The van der Waals surface area contributed by atoms with E-state index in [9.17, 15) is 14.0 Å². The van der Waals surface area contributed by atoms with Gasteiger partial charge < -0.3 is 9.84 Å². The number of nitrogens with one attached hydrogen (secondary N) is 1. The summed E-state index contributed by atoms with van der Waals surface area (Å²) in [5.74, 6) is -0.0562. The fourth-order valence-electron chi connectivity index (χ4n) is 2.49. The summed E-state index contributed by atoms with van der Waals surface area (Å²) in [6, 6.07) is 7.56. The third kappa shape index (κ3) is 3.64. The summed E-state index contributed by atoms with van der Waals surface area (Å²) in [6.45, 7) is 1.39. The normalized spacial score (nSPS) is 11.1. The number of halogens is 1. The molecule has 0 aliphatic rings. The van der Waals surface area contributed by atoms with Crippen molar-refractivity contribution < 1.29 is 13.7 Å². The van der Waals surface area contributed by atoms with E-state index in [1.165, 1.54) is 40.7 Å². The molecule has 142 valence electrons. The van der Waals surface area contributed by atoms with Crippen LogP contribution in [0.3, 0.4) is 0 Å². The van der Waals surface area contributed by atoms with Gasteiger partial charge in [0, 0.05) is 23.4 Å². The Hall–Kier alpha value is -3.47. The average Bonchev–Trinajstić information content (AvgIpc) is 3.19. The molecule has 1 N–H and O–H groups in total. The van der Waals surface area contributed by atoms with Crippen LogP contribution in [-0.2, 0) is 11.3 Å². The number of anilines is 1. The van der Waals surface area contributed by atoms with E-state index < -0.39 is 11.6 Å². The number of aromatic nitrogens is 5. The van der Waals surface area contributed by atoms with Gasteiger partial charge in [0.15, 0.2) is 11.5 Å². The van der Waals surface area contributed by atoms with Crippen LogP contribution < -0.4 is 11.0 Å². The van der Waals surface area contributed by atoms with Gasteiger partial charge in [0.1, 0.15) is 23.1 Å². The maximum absolute atomic E-state index is 13.4. The second-order valence-corrected chi connectivity index (χ2v) is 6.86. The Balaban J connectivity index is 1.61. The van der Waals surface area contributed by atoms with Crippen molar-refractivity contribution in [2.24, 2.45) is 0 Å². The van der Waals surface area contributed by atoms with Gasteiger partial charge in [-0.1, -0.05) is 23.0 Å². The monoisotopic (exact) mass is 400 g/mol. The third-order valence-corrected chi connectivity index (χ3v) is 4.64. The van der Waals surface area contributed by atoms with Gasteiger partial charge in [0.2, 0.25) is 5.91 Å². The van der Waals surface area contributed by atoms with E-state index >= 15 is 0 Å². The van der Waals surface area contributed by atoms with Crippen LogP contribution in [0.15, 0.2) is 62.0 Å². The zero-order valence-corrected chi connectivity index (χ0v) is 15.3. The Bertz CT molecular complexity index is 1230. The largest absolute Gasteiger partial charge is 0.360 e. The molecular formula is C17H13FN6O3S. The molecule has 11 heteroatoms. The molecule has 0 fully saturated rings. The lowest BCUT2D eigenvalue weighted by molar-refractivity contribution is -0.117. The number of hydrogen-bond acceptors (Lipinski definition) is 7. The maximum Gasteiger partial charge on any atom is 0.350 e. The number of nitrogens with zero attached hydrogens (tertiary/aromatic N) is 5. The zero-order valence-electron chi connectivity index (χ0n) is 14.5. The molecule has 0 bridgehead atoms. The Morgan fingerprint density at radius 3 is 2.96 bits per heavy atom. The van der Waals surface area contributed by atoms with Gasteiger partial charge in [0.25, 0.3) is 0 Å². The molecule has 0 spiro atoms. The highest BCUT2D eigenvalue weighted by Gasteiger charge is 2.16. The number of benzene rings is 1. The van der Waals surface area contributed by atoms with Gasteiger partial charge in [-0.2, -0.15) is 0 Å². The van der Waals surface area contributed by atoms with E-state index in [0.717, 1.165) is 4.68 Å². The minimum absolute atomic E-state index is 0.253. The number of carbonyl (C=O) groups excluding carboxylic acids is 1. The van der Waals surface area contributed by atoms with Crippen molar-refractivity contribution in [3.05, 3.63) is 64.8 Å². The first kappa shape index (κ1) is 17.9. The van der Waals surface area contributed by atoms with Gasteiger partial charge in [-0.15, -0.1) is 5.10 Å². The highest BCUT2D eigenvalue weighted by Crippen LogP contribution is 2.28. The second kappa shape index (κ2) is 7.27. The molecular weight excluding hydrogens is 387 g/mol. The van der Waals surface area contributed by atoms with Gasteiger partial charge >= 0.3 is 5.69 Å². The Labute approximate surface area is 161 Å². The van der Waals surface area contributed by atoms with Gasteiger partial charge in [0.05, 0.1) is 0 Å². The zero-order chi connectivity index (χ0) is 19.7. The molecule has 4 rings (SSSR count). The second-order valence-electron chi connectivity index (χ2n) is 5.80. The molecule has 3 aromatic heterocycles. The van der Waals surface area contributed by atoms with Crippen molar-refractivity contribution in [1.82, 2.24) is 24.3 Å². The molecule has 1 aromatic carbocycles. The molecule has 4 aromatic rings. The topological polar surface area (TPSA) is 107 Å². The summed E-state index contributed by atoms with van der Waals surface area (Å²) < 4.78 is 20.6. The van der Waals surface area contributed by atoms with Crippen LogP contribution in [-0.4, -0.2) is 30.2 Å². The first-order valence-electron chi connectivity index (χ1n) is 8.10. The molecule has 0 saturated carbocycles. The quantitative estimate of drug-likeness (QED) is 0.547. The van der Waals surface area contributed by atoms with E-state index in [0.29, 0.717) is 15.7 Å². The SMILES string of the molecule is Cc1cc(NC(=O)Cn2nc3c(Sc4cccc(F)c4)nccn3c2=O)no1. The molecule has 9 nitrogen and oxygen atoms in total. The van der Waals surface area contributed by atoms with Crippen molar-refractivity contribution in [3.8, 4) is 0 Å². The van der Waals surface area contributed by atoms with Gasteiger partial charge in [-0.25, -0.2) is 23.3 Å². The number of amides is 1. The summed E-state index contributed by atoms with van der Waals surface area (Å²) in [4.78, 5) is 29.5. The fraction of sp³-hybridized carbons (Fsp3) is 0.118. The lowest BCUT2D eigenvalue weighted by Gasteiger charge is -2.01. The van der Waals surface area contributed by atoms with E-state index in [2.05, 4.69) is 20.6 Å². The number of hydrogen-bond donors (Lipinski definition) is 1. The lowest BCUT2D eigenvalue weighted by Crippen LogP contribution is -2.28. The van der Waals surface area contributed by atoms with Crippen LogP contribution >= 0.6 is 11.8 Å². The molecule has 1 amide bonds. The maximum atomic E-state index is 13.4. The summed E-state index contributed by atoms with van der Waals surface area (Å²) in [5.41, 5.74) is -0.225. The number of rotatable bonds is 5. The first-order valence-corrected chi connectivity index (χ1v) is 8.92. The predicted molar refractivity (Wildman–Crippen MR) is 97.6 cm³/mol. The Morgan fingerprint density at radius 1 is 1.36 bits per heavy atom.